The molecule has 0 aromatic heterocycles. The zero-order valence-electron chi connectivity index (χ0n) is 16.8. The summed E-state index contributed by atoms with van der Waals surface area (Å²) in [6.45, 7) is 4.11. The lowest BCUT2D eigenvalue weighted by Gasteiger charge is -2.35. The molecular weight excluding hydrogens is 394 g/mol. The van der Waals surface area contributed by atoms with Crippen molar-refractivity contribution in [1.29, 1.82) is 0 Å². The summed E-state index contributed by atoms with van der Waals surface area (Å²) in [7, 11) is 0. The van der Waals surface area contributed by atoms with Crippen molar-refractivity contribution in [3.05, 3.63) is 34.9 Å². The molecule has 1 N–H and O–H groups in total. The van der Waals surface area contributed by atoms with Gasteiger partial charge >= 0.3 is 6.09 Å². The Labute approximate surface area is 176 Å². The Morgan fingerprint density at radius 3 is 2.38 bits per heavy atom. The fraction of sp³-hybridized carbons (Fsp3) is 0.571. The van der Waals surface area contributed by atoms with Gasteiger partial charge in [-0.15, -0.1) is 0 Å². The van der Waals surface area contributed by atoms with Crippen LogP contribution < -0.4 is 5.32 Å². The molecule has 0 aliphatic carbocycles. The van der Waals surface area contributed by atoms with Crippen LogP contribution in [0.3, 0.4) is 0 Å². The molecule has 1 aromatic rings. The molecule has 2 aliphatic heterocycles. The number of ether oxygens (including phenoxy) is 1. The third kappa shape index (κ3) is 5.63. The summed E-state index contributed by atoms with van der Waals surface area (Å²) >= 11 is 5.97. The molecular formula is C21H28ClN3O4. The van der Waals surface area contributed by atoms with Gasteiger partial charge in [0.2, 0.25) is 11.8 Å². The minimum atomic E-state index is -0.396. The van der Waals surface area contributed by atoms with Gasteiger partial charge in [0.1, 0.15) is 0 Å². The molecule has 8 heteroatoms. The summed E-state index contributed by atoms with van der Waals surface area (Å²) in [4.78, 5) is 39.9. The predicted octanol–water partition coefficient (Wildman–Crippen LogP) is 2.61. The van der Waals surface area contributed by atoms with Crippen LogP contribution in [0.5, 0.6) is 0 Å². The molecule has 1 atom stereocenters. The van der Waals surface area contributed by atoms with E-state index >= 15 is 0 Å². The molecule has 2 saturated heterocycles. The average molecular weight is 422 g/mol. The van der Waals surface area contributed by atoms with Crippen molar-refractivity contribution in [2.45, 2.75) is 44.6 Å². The predicted molar refractivity (Wildman–Crippen MR) is 110 cm³/mol. The van der Waals surface area contributed by atoms with Crippen LogP contribution in [0, 0.1) is 0 Å². The van der Waals surface area contributed by atoms with Crippen molar-refractivity contribution in [3.63, 3.8) is 0 Å². The number of halogens is 1. The summed E-state index contributed by atoms with van der Waals surface area (Å²) in [5.41, 5.74) is 0.694. The Balaban J connectivity index is 1.54. The van der Waals surface area contributed by atoms with Crippen LogP contribution in [-0.2, 0) is 20.7 Å². The van der Waals surface area contributed by atoms with E-state index in [4.69, 9.17) is 16.3 Å². The van der Waals surface area contributed by atoms with E-state index in [1.54, 1.807) is 16.7 Å². The number of rotatable bonds is 6. The second-order valence-electron chi connectivity index (χ2n) is 7.70. The number of nitrogens with one attached hydrogen (secondary N) is 1. The summed E-state index contributed by atoms with van der Waals surface area (Å²) in [5, 5.41) is 3.79. The van der Waals surface area contributed by atoms with Crippen LogP contribution in [0.4, 0.5) is 4.79 Å². The van der Waals surface area contributed by atoms with Crippen LogP contribution >= 0.6 is 11.6 Å². The molecule has 2 heterocycles. The molecule has 29 heavy (non-hydrogen) atoms. The second kappa shape index (κ2) is 9.48. The van der Waals surface area contributed by atoms with Crippen molar-refractivity contribution in [3.8, 4) is 0 Å². The van der Waals surface area contributed by atoms with E-state index < -0.39 is 5.54 Å². The van der Waals surface area contributed by atoms with Gasteiger partial charge < -0.3 is 19.9 Å². The number of carbonyl (C=O) groups is 3. The number of piperazine rings is 1. The van der Waals surface area contributed by atoms with E-state index in [0.717, 1.165) is 12.0 Å². The number of carbonyl (C=O) groups excluding carboxylic acids is 3. The molecule has 158 valence electrons. The normalized spacial score (nSPS) is 21.8. The van der Waals surface area contributed by atoms with E-state index in [1.165, 1.54) is 0 Å². The van der Waals surface area contributed by atoms with Gasteiger partial charge in [-0.25, -0.2) is 4.79 Å². The number of benzene rings is 1. The molecule has 2 fully saturated rings. The fourth-order valence-electron chi connectivity index (χ4n) is 4.03. The van der Waals surface area contributed by atoms with E-state index in [9.17, 15) is 14.4 Å². The Bertz CT molecular complexity index is 747. The Morgan fingerprint density at radius 1 is 1.14 bits per heavy atom. The summed E-state index contributed by atoms with van der Waals surface area (Å²) in [6.07, 6.45) is 2.53. The van der Waals surface area contributed by atoms with E-state index in [-0.39, 0.29) is 17.9 Å². The van der Waals surface area contributed by atoms with Gasteiger partial charge in [0.05, 0.1) is 6.61 Å². The highest BCUT2D eigenvalue weighted by atomic mass is 35.5. The molecule has 0 radical (unpaired) electrons. The monoisotopic (exact) mass is 421 g/mol. The molecule has 0 bridgehead atoms. The first-order valence-corrected chi connectivity index (χ1v) is 10.5. The largest absolute Gasteiger partial charge is 0.450 e. The fourth-order valence-corrected chi connectivity index (χ4v) is 4.16. The van der Waals surface area contributed by atoms with Crippen LogP contribution in [0.2, 0.25) is 5.02 Å². The summed E-state index contributed by atoms with van der Waals surface area (Å²) in [6, 6.07) is 7.61. The molecule has 1 unspecified atom stereocenters. The van der Waals surface area contributed by atoms with Crippen molar-refractivity contribution in [1.82, 2.24) is 15.1 Å². The zero-order valence-corrected chi connectivity index (χ0v) is 17.5. The second-order valence-corrected chi connectivity index (χ2v) is 8.13. The lowest BCUT2D eigenvalue weighted by Crippen LogP contribution is -2.51. The van der Waals surface area contributed by atoms with Crippen molar-refractivity contribution < 1.29 is 19.1 Å². The number of nitrogens with zero attached hydrogens (tertiary/aromatic N) is 2. The Morgan fingerprint density at radius 2 is 1.79 bits per heavy atom. The molecule has 7 nitrogen and oxygen atoms in total. The van der Waals surface area contributed by atoms with Gasteiger partial charge in [0, 0.05) is 49.6 Å². The van der Waals surface area contributed by atoms with E-state index in [0.29, 0.717) is 63.5 Å². The quantitative estimate of drug-likeness (QED) is 0.765. The summed E-state index contributed by atoms with van der Waals surface area (Å²) in [5.74, 6) is 0.0969. The number of hydrogen-bond acceptors (Lipinski definition) is 4. The van der Waals surface area contributed by atoms with Crippen LogP contribution in [0.25, 0.3) is 0 Å². The van der Waals surface area contributed by atoms with Crippen molar-refractivity contribution in [2.75, 3.05) is 32.8 Å². The summed E-state index contributed by atoms with van der Waals surface area (Å²) < 4.78 is 5.01. The minimum absolute atomic E-state index is 0.0365. The third-order valence-electron chi connectivity index (χ3n) is 5.67. The lowest BCUT2D eigenvalue weighted by molar-refractivity contribution is -0.133. The van der Waals surface area contributed by atoms with Crippen LogP contribution in [-0.4, -0.2) is 66.0 Å². The van der Waals surface area contributed by atoms with E-state index in [2.05, 4.69) is 5.32 Å². The van der Waals surface area contributed by atoms with E-state index in [1.807, 2.05) is 24.3 Å². The van der Waals surface area contributed by atoms with Gasteiger partial charge in [-0.2, -0.15) is 0 Å². The third-order valence-corrected chi connectivity index (χ3v) is 5.92. The van der Waals surface area contributed by atoms with Gasteiger partial charge in [-0.1, -0.05) is 23.7 Å². The van der Waals surface area contributed by atoms with Gasteiger partial charge in [0.15, 0.2) is 0 Å². The van der Waals surface area contributed by atoms with Crippen LogP contribution in [0.1, 0.15) is 38.2 Å². The Hall–Kier alpha value is -2.28. The van der Waals surface area contributed by atoms with Gasteiger partial charge in [-0.3, -0.25) is 9.59 Å². The first kappa shape index (κ1) is 21.4. The number of hydrogen-bond donors (Lipinski definition) is 1. The van der Waals surface area contributed by atoms with Crippen molar-refractivity contribution >= 4 is 29.5 Å². The smallest absolute Gasteiger partial charge is 0.409 e. The topological polar surface area (TPSA) is 79.0 Å². The molecule has 0 saturated carbocycles. The Kier molecular flexibility index (Phi) is 7.00. The van der Waals surface area contributed by atoms with Gasteiger partial charge in [0.25, 0.3) is 0 Å². The highest BCUT2D eigenvalue weighted by Crippen LogP contribution is 2.30. The first-order chi connectivity index (χ1) is 13.9. The maximum Gasteiger partial charge on any atom is 0.409 e. The first-order valence-electron chi connectivity index (χ1n) is 10.2. The zero-order chi connectivity index (χ0) is 20.9. The maximum atomic E-state index is 12.7. The van der Waals surface area contributed by atoms with Gasteiger partial charge in [-0.05, 0) is 43.9 Å². The highest BCUT2D eigenvalue weighted by Gasteiger charge is 2.38. The molecule has 3 rings (SSSR count). The lowest BCUT2D eigenvalue weighted by atomic mass is 9.85. The molecule has 1 aromatic carbocycles. The SMILES string of the molecule is CCOC(=O)N1CCN(C(=O)CCC2(Cc3ccc(Cl)cc3)CCC(=O)N2)CC1. The van der Waals surface area contributed by atoms with Crippen LogP contribution in [0.15, 0.2) is 24.3 Å². The minimum Gasteiger partial charge on any atom is -0.450 e. The molecule has 2 aliphatic rings. The highest BCUT2D eigenvalue weighted by molar-refractivity contribution is 6.30. The molecule has 3 amide bonds. The molecule has 0 spiro atoms. The standard InChI is InChI=1S/C21H28ClN3O4/c1-2-29-20(28)25-13-11-24(12-14-25)19(27)8-10-21(9-7-18(26)23-21)15-16-3-5-17(22)6-4-16/h3-6H,2,7-15H2,1H3,(H,23,26). The van der Waals surface area contributed by atoms with Crippen molar-refractivity contribution in [2.24, 2.45) is 0 Å². The maximum absolute atomic E-state index is 12.7. The average Bonchev–Trinajstić information content (AvgIpc) is 3.09. The number of amides is 3.